The van der Waals surface area contributed by atoms with Gasteiger partial charge < -0.3 is 14.1 Å². The highest BCUT2D eigenvalue weighted by molar-refractivity contribution is 9.10. The van der Waals surface area contributed by atoms with Crippen LogP contribution in [0, 0.1) is 0 Å². The van der Waals surface area contributed by atoms with Crippen molar-refractivity contribution >= 4 is 45.7 Å². The largest absolute Gasteiger partial charge is 0.497 e. The molecule has 3 rings (SSSR count). The monoisotopic (exact) mass is 437 g/mol. The first-order valence-electron chi connectivity index (χ1n) is 8.29. The van der Waals surface area contributed by atoms with Crippen LogP contribution in [-0.2, 0) is 4.79 Å². The number of nitrogens with zero attached hydrogens (tertiary/aromatic N) is 2. The lowest BCUT2D eigenvalue weighted by molar-refractivity contribution is -0.118. The quantitative estimate of drug-likeness (QED) is 0.404. The number of amides is 1. The fourth-order valence-corrected chi connectivity index (χ4v) is 3.85. The molecule has 0 saturated carbocycles. The number of hydrogen-bond donors (Lipinski definition) is 1. The molecule has 0 spiro atoms. The highest BCUT2D eigenvalue weighted by Gasteiger charge is 2.19. The number of halogens is 1. The van der Waals surface area contributed by atoms with Gasteiger partial charge in [-0.15, -0.1) is 11.8 Å². The number of thioether (sulfide) groups is 1. The number of methoxy groups -OCH3 is 1. The molecule has 26 heavy (non-hydrogen) atoms. The number of hydrogen-bond acceptors (Lipinski definition) is 6. The summed E-state index contributed by atoms with van der Waals surface area (Å²) in [6.45, 7) is 2.00. The molecule has 1 fully saturated rings. The Bertz CT molecular complexity index is 770. The molecule has 0 unspecified atom stereocenters. The van der Waals surface area contributed by atoms with Crippen LogP contribution >= 0.6 is 27.7 Å². The Morgan fingerprint density at radius 3 is 2.81 bits per heavy atom. The minimum absolute atomic E-state index is 0.174. The maximum Gasteiger partial charge on any atom is 0.250 e. The van der Waals surface area contributed by atoms with E-state index in [9.17, 15) is 4.79 Å². The Hall–Kier alpha value is -1.93. The minimum atomic E-state index is -0.174. The van der Waals surface area contributed by atoms with E-state index >= 15 is 0 Å². The third-order valence-corrected chi connectivity index (χ3v) is 5.47. The normalized spacial score (nSPS) is 14.2. The maximum absolute atomic E-state index is 11.9. The molecule has 0 radical (unpaired) electrons. The lowest BCUT2D eigenvalue weighted by atomic mass is 10.3. The van der Waals surface area contributed by atoms with E-state index in [1.54, 1.807) is 7.11 Å². The van der Waals surface area contributed by atoms with Crippen molar-refractivity contribution in [1.82, 2.24) is 5.43 Å². The zero-order valence-corrected chi connectivity index (χ0v) is 16.8. The van der Waals surface area contributed by atoms with Crippen LogP contribution in [0.15, 0.2) is 49.2 Å². The zero-order valence-electron chi connectivity index (χ0n) is 14.4. The summed E-state index contributed by atoms with van der Waals surface area (Å²) in [4.78, 5) is 15.1. The van der Waals surface area contributed by atoms with Gasteiger partial charge in [0.2, 0.25) is 11.8 Å². The van der Waals surface area contributed by atoms with E-state index in [-0.39, 0.29) is 11.7 Å². The first-order valence-corrected chi connectivity index (χ1v) is 10.1. The topological polar surface area (TPSA) is 67.1 Å². The predicted octanol–water partition coefficient (Wildman–Crippen LogP) is 3.89. The van der Waals surface area contributed by atoms with Gasteiger partial charge in [0, 0.05) is 24.1 Å². The van der Waals surface area contributed by atoms with Crippen LogP contribution in [0.25, 0.3) is 0 Å². The first-order chi connectivity index (χ1) is 12.7. The highest BCUT2D eigenvalue weighted by atomic mass is 79.9. The van der Waals surface area contributed by atoms with E-state index < -0.39 is 0 Å². The molecule has 1 N–H and O–H groups in total. The van der Waals surface area contributed by atoms with Crippen LogP contribution < -0.4 is 15.1 Å². The van der Waals surface area contributed by atoms with Gasteiger partial charge in [0.25, 0.3) is 0 Å². The second kappa shape index (κ2) is 9.14. The Morgan fingerprint density at radius 2 is 2.12 bits per heavy atom. The maximum atomic E-state index is 11.9. The number of rotatable bonds is 7. The number of benzene rings is 1. The third-order valence-electron chi connectivity index (χ3n) is 3.89. The summed E-state index contributed by atoms with van der Waals surface area (Å²) in [5, 5.41) is 3.97. The molecule has 1 saturated heterocycles. The molecule has 0 aliphatic carbocycles. The van der Waals surface area contributed by atoms with Crippen LogP contribution in [0.4, 0.5) is 5.88 Å². The van der Waals surface area contributed by atoms with Crippen molar-refractivity contribution < 1.29 is 13.9 Å². The average Bonchev–Trinajstić information content (AvgIpc) is 3.30. The van der Waals surface area contributed by atoms with E-state index in [1.807, 2.05) is 30.3 Å². The number of hydrazone groups is 1. The van der Waals surface area contributed by atoms with Gasteiger partial charge in [0.15, 0.2) is 5.76 Å². The summed E-state index contributed by atoms with van der Waals surface area (Å²) in [5.74, 6) is 2.32. The number of carbonyl (C=O) groups excluding carboxylic acids is 1. The predicted molar refractivity (Wildman–Crippen MR) is 107 cm³/mol. The van der Waals surface area contributed by atoms with Crippen molar-refractivity contribution in [2.45, 2.75) is 17.7 Å². The lowest BCUT2D eigenvalue weighted by Gasteiger charge is -2.13. The van der Waals surface area contributed by atoms with E-state index in [1.165, 1.54) is 30.8 Å². The van der Waals surface area contributed by atoms with Crippen LogP contribution in [0.1, 0.15) is 18.6 Å². The molecule has 0 atom stereocenters. The molecule has 2 heterocycles. The third kappa shape index (κ3) is 5.04. The Morgan fingerprint density at radius 1 is 1.38 bits per heavy atom. The van der Waals surface area contributed by atoms with Gasteiger partial charge in [-0.2, -0.15) is 5.10 Å². The average molecular weight is 438 g/mol. The van der Waals surface area contributed by atoms with E-state index in [0.29, 0.717) is 5.76 Å². The van der Waals surface area contributed by atoms with Crippen LogP contribution in [0.2, 0.25) is 0 Å². The van der Waals surface area contributed by atoms with Crippen molar-refractivity contribution in [2.24, 2.45) is 5.10 Å². The Balaban J connectivity index is 1.47. The van der Waals surface area contributed by atoms with Gasteiger partial charge in [0.05, 0.1) is 23.5 Å². The summed E-state index contributed by atoms with van der Waals surface area (Å²) in [7, 11) is 1.62. The molecule has 1 aliphatic rings. The highest BCUT2D eigenvalue weighted by Crippen LogP contribution is 2.31. The molecular formula is C18H20BrN3O3S. The van der Waals surface area contributed by atoms with Gasteiger partial charge in [-0.3, -0.25) is 4.79 Å². The molecule has 138 valence electrons. The molecule has 1 aromatic carbocycles. The van der Waals surface area contributed by atoms with Gasteiger partial charge in [0.1, 0.15) is 5.75 Å². The van der Waals surface area contributed by atoms with Gasteiger partial charge in [-0.25, -0.2) is 5.43 Å². The Kier molecular flexibility index (Phi) is 6.62. The lowest BCUT2D eigenvalue weighted by Crippen LogP contribution is -2.19. The molecule has 0 bridgehead atoms. The minimum Gasteiger partial charge on any atom is -0.497 e. The fraction of sp³-hybridized carbons (Fsp3) is 0.333. The summed E-state index contributed by atoms with van der Waals surface area (Å²) in [5.41, 5.74) is 2.52. The van der Waals surface area contributed by atoms with Crippen LogP contribution in [-0.4, -0.2) is 38.1 Å². The summed E-state index contributed by atoms with van der Waals surface area (Å²) >= 11 is 4.95. The number of ether oxygens (including phenoxy) is 1. The molecule has 1 amide bonds. The van der Waals surface area contributed by atoms with Crippen molar-refractivity contribution in [1.29, 1.82) is 0 Å². The summed E-state index contributed by atoms with van der Waals surface area (Å²) in [6.07, 6.45) is 3.87. The van der Waals surface area contributed by atoms with Gasteiger partial charge in [-0.05, 0) is 53.0 Å². The summed E-state index contributed by atoms with van der Waals surface area (Å²) < 4.78 is 11.8. The Labute approximate surface area is 165 Å². The SMILES string of the molecule is COc1ccc(SCC(=O)N/N=C/c2cc(Br)c(N3CCCC3)o2)cc1. The number of nitrogens with one attached hydrogen (secondary N) is 1. The van der Waals surface area contributed by atoms with Crippen molar-refractivity contribution in [3.63, 3.8) is 0 Å². The van der Waals surface area contributed by atoms with Crippen molar-refractivity contribution in [2.75, 3.05) is 30.9 Å². The second-order valence-corrected chi connectivity index (χ2v) is 7.66. The van der Waals surface area contributed by atoms with E-state index in [4.69, 9.17) is 9.15 Å². The fourth-order valence-electron chi connectivity index (χ4n) is 2.60. The van der Waals surface area contributed by atoms with E-state index in [2.05, 4.69) is 31.4 Å². The molecule has 1 aliphatic heterocycles. The molecule has 1 aromatic heterocycles. The summed E-state index contributed by atoms with van der Waals surface area (Å²) in [6, 6.07) is 9.42. The molecular weight excluding hydrogens is 418 g/mol. The zero-order chi connectivity index (χ0) is 18.4. The van der Waals surface area contributed by atoms with Crippen molar-refractivity contribution in [3.05, 3.63) is 40.6 Å². The number of furan rings is 1. The smallest absolute Gasteiger partial charge is 0.250 e. The number of anilines is 1. The first kappa shape index (κ1) is 18.8. The molecule has 2 aromatic rings. The standard InChI is InChI=1S/C18H20BrN3O3S/c1-24-13-4-6-15(7-5-13)26-12-17(23)21-20-11-14-10-16(19)18(25-14)22-8-2-3-9-22/h4-7,10-11H,2-3,8-9,12H2,1H3,(H,21,23)/b20-11+. The van der Waals surface area contributed by atoms with Gasteiger partial charge in [-0.1, -0.05) is 0 Å². The van der Waals surface area contributed by atoms with Crippen LogP contribution in [0.3, 0.4) is 0 Å². The van der Waals surface area contributed by atoms with E-state index in [0.717, 1.165) is 34.1 Å². The number of carbonyl (C=O) groups is 1. The van der Waals surface area contributed by atoms with Crippen LogP contribution in [0.5, 0.6) is 5.75 Å². The molecule has 6 nitrogen and oxygen atoms in total. The van der Waals surface area contributed by atoms with Crippen molar-refractivity contribution in [3.8, 4) is 5.75 Å². The van der Waals surface area contributed by atoms with Gasteiger partial charge >= 0.3 is 0 Å². The molecule has 8 heteroatoms. The second-order valence-electron chi connectivity index (χ2n) is 5.75.